The molecule has 2 heterocycles. The van der Waals surface area contributed by atoms with Crippen molar-refractivity contribution in [3.8, 4) is 11.3 Å². The molecule has 2 aromatic carbocycles. The molecule has 0 fully saturated rings. The van der Waals surface area contributed by atoms with Gasteiger partial charge in [-0.2, -0.15) is 0 Å². The van der Waals surface area contributed by atoms with Gasteiger partial charge in [-0.05, 0) is 53.4 Å². The molecule has 0 bridgehead atoms. The fourth-order valence-electron chi connectivity index (χ4n) is 3.65. The molecule has 0 atom stereocenters. The van der Waals surface area contributed by atoms with Gasteiger partial charge in [-0.25, -0.2) is 9.37 Å². The summed E-state index contributed by atoms with van der Waals surface area (Å²) in [6.45, 7) is 6.57. The number of halogens is 2. The number of benzene rings is 2. The summed E-state index contributed by atoms with van der Waals surface area (Å²) in [7, 11) is 0. The van der Waals surface area contributed by atoms with Crippen LogP contribution >= 0.6 is 22.9 Å². The number of aromatic nitrogens is 2. The zero-order chi connectivity index (χ0) is 22.0. The first-order chi connectivity index (χ1) is 14.9. The lowest BCUT2D eigenvalue weighted by Gasteiger charge is -2.24. The van der Waals surface area contributed by atoms with Crippen molar-refractivity contribution in [2.45, 2.75) is 26.9 Å². The zero-order valence-electron chi connectivity index (χ0n) is 17.4. The van der Waals surface area contributed by atoms with Crippen molar-refractivity contribution in [3.05, 3.63) is 92.4 Å². The Labute approximate surface area is 189 Å². The van der Waals surface area contributed by atoms with Gasteiger partial charge in [0.05, 0.1) is 11.4 Å². The molecule has 0 radical (unpaired) electrons. The van der Waals surface area contributed by atoms with Crippen LogP contribution in [0.15, 0.2) is 64.8 Å². The molecule has 0 N–H and O–H groups in total. The quantitative estimate of drug-likeness (QED) is 0.349. The first kappa shape index (κ1) is 21.7. The molecular formula is C24H23ClFN3OS. The Hall–Kier alpha value is -2.54. The van der Waals surface area contributed by atoms with E-state index in [9.17, 15) is 9.18 Å². The van der Waals surface area contributed by atoms with Crippen LogP contribution in [0.2, 0.25) is 5.02 Å². The number of hydrogen-bond acceptors (Lipinski definition) is 4. The van der Waals surface area contributed by atoms with E-state index in [1.54, 1.807) is 22.6 Å². The lowest BCUT2D eigenvalue weighted by atomic mass is 10.1. The summed E-state index contributed by atoms with van der Waals surface area (Å²) in [5, 5.41) is 2.61. The maximum atomic E-state index is 13.3. The van der Waals surface area contributed by atoms with Crippen molar-refractivity contribution in [1.29, 1.82) is 0 Å². The summed E-state index contributed by atoms with van der Waals surface area (Å²) in [5.74, 6) is 0.172. The largest absolute Gasteiger partial charge is 0.293 e. The van der Waals surface area contributed by atoms with Gasteiger partial charge in [-0.3, -0.25) is 14.1 Å². The zero-order valence-corrected chi connectivity index (χ0v) is 19.0. The standard InChI is InChI=1S/C24H23ClFN3OS/c1-16(2)12-28(13-17-3-7-19(25)8-4-17)14-21-11-23(30)29-22(15-31-24(29)27-21)18-5-9-20(26)10-6-18/h3-11,15-16H,12-14H2,1-2H3. The van der Waals surface area contributed by atoms with Crippen LogP contribution in [0.5, 0.6) is 0 Å². The van der Waals surface area contributed by atoms with E-state index in [0.29, 0.717) is 22.4 Å². The highest BCUT2D eigenvalue weighted by atomic mass is 35.5. The molecule has 7 heteroatoms. The highest BCUT2D eigenvalue weighted by molar-refractivity contribution is 7.15. The van der Waals surface area contributed by atoms with Crippen LogP contribution in [-0.2, 0) is 13.1 Å². The smallest absolute Gasteiger partial charge is 0.259 e. The fraction of sp³-hybridized carbons (Fsp3) is 0.250. The lowest BCUT2D eigenvalue weighted by Crippen LogP contribution is -2.28. The van der Waals surface area contributed by atoms with Gasteiger partial charge in [-0.15, -0.1) is 11.3 Å². The van der Waals surface area contributed by atoms with E-state index >= 15 is 0 Å². The predicted molar refractivity (Wildman–Crippen MR) is 125 cm³/mol. The summed E-state index contributed by atoms with van der Waals surface area (Å²) in [5.41, 5.74) is 3.29. The van der Waals surface area contributed by atoms with Crippen molar-refractivity contribution in [2.24, 2.45) is 5.92 Å². The van der Waals surface area contributed by atoms with E-state index in [4.69, 9.17) is 16.6 Å². The van der Waals surface area contributed by atoms with Crippen molar-refractivity contribution in [3.63, 3.8) is 0 Å². The van der Waals surface area contributed by atoms with E-state index in [-0.39, 0.29) is 11.4 Å². The molecule has 31 heavy (non-hydrogen) atoms. The molecule has 0 spiro atoms. The molecule has 4 aromatic rings. The first-order valence-corrected chi connectivity index (χ1v) is 11.4. The molecule has 0 aliphatic heterocycles. The second-order valence-corrected chi connectivity index (χ2v) is 9.29. The maximum Gasteiger partial charge on any atom is 0.259 e. The van der Waals surface area contributed by atoms with Crippen LogP contribution in [-0.4, -0.2) is 20.8 Å². The second-order valence-electron chi connectivity index (χ2n) is 8.02. The minimum atomic E-state index is -0.304. The minimum absolute atomic E-state index is 0.128. The van der Waals surface area contributed by atoms with Crippen LogP contribution in [0.1, 0.15) is 25.1 Å². The molecular weight excluding hydrogens is 433 g/mol. The average molecular weight is 456 g/mol. The number of fused-ring (bicyclic) bond motifs is 1. The third-order valence-corrected chi connectivity index (χ3v) is 6.00. The van der Waals surface area contributed by atoms with Gasteiger partial charge >= 0.3 is 0 Å². The monoisotopic (exact) mass is 455 g/mol. The van der Waals surface area contributed by atoms with Crippen molar-refractivity contribution >= 4 is 27.9 Å². The topological polar surface area (TPSA) is 37.6 Å². The van der Waals surface area contributed by atoms with Crippen molar-refractivity contribution in [2.75, 3.05) is 6.54 Å². The molecule has 0 amide bonds. The van der Waals surface area contributed by atoms with Gasteiger partial charge in [0.2, 0.25) is 0 Å². The molecule has 0 saturated heterocycles. The Morgan fingerprint density at radius 1 is 1.10 bits per heavy atom. The van der Waals surface area contributed by atoms with Crippen LogP contribution in [0, 0.1) is 11.7 Å². The first-order valence-electron chi connectivity index (χ1n) is 10.1. The molecule has 160 valence electrons. The summed E-state index contributed by atoms with van der Waals surface area (Å²) < 4.78 is 14.9. The maximum absolute atomic E-state index is 13.3. The molecule has 0 aliphatic carbocycles. The van der Waals surface area contributed by atoms with E-state index in [0.717, 1.165) is 35.6 Å². The normalized spacial score (nSPS) is 11.7. The molecule has 4 nitrogen and oxygen atoms in total. The molecule has 2 aromatic heterocycles. The molecule has 0 aliphatic rings. The summed E-state index contributed by atoms with van der Waals surface area (Å²) in [6, 6.07) is 15.6. The molecule has 0 saturated carbocycles. The molecule has 0 unspecified atom stereocenters. The van der Waals surface area contributed by atoms with Gasteiger partial charge in [0.1, 0.15) is 5.82 Å². The average Bonchev–Trinajstić information content (AvgIpc) is 3.14. The summed E-state index contributed by atoms with van der Waals surface area (Å²) in [6.07, 6.45) is 0. The number of nitrogens with zero attached hydrogens (tertiary/aromatic N) is 3. The highest BCUT2D eigenvalue weighted by Crippen LogP contribution is 2.24. The molecule has 4 rings (SSSR count). The van der Waals surface area contributed by atoms with E-state index in [2.05, 4.69) is 18.7 Å². The summed E-state index contributed by atoms with van der Waals surface area (Å²) >= 11 is 7.42. The minimum Gasteiger partial charge on any atom is -0.293 e. The Morgan fingerprint density at radius 2 is 1.81 bits per heavy atom. The van der Waals surface area contributed by atoms with Gasteiger partial charge < -0.3 is 0 Å². The lowest BCUT2D eigenvalue weighted by molar-refractivity contribution is 0.225. The number of thiazole rings is 1. The van der Waals surface area contributed by atoms with Gasteiger partial charge in [0.25, 0.3) is 5.56 Å². The van der Waals surface area contributed by atoms with Crippen LogP contribution in [0.3, 0.4) is 0 Å². The van der Waals surface area contributed by atoms with Crippen LogP contribution in [0.25, 0.3) is 16.2 Å². The Balaban J connectivity index is 1.62. The van der Waals surface area contributed by atoms with E-state index in [1.165, 1.54) is 23.5 Å². The van der Waals surface area contributed by atoms with Crippen molar-refractivity contribution < 1.29 is 4.39 Å². The SMILES string of the molecule is CC(C)CN(Cc1ccc(Cl)cc1)Cc1cc(=O)n2c(-c3ccc(F)cc3)csc2n1. The van der Waals surface area contributed by atoms with Crippen molar-refractivity contribution in [1.82, 2.24) is 14.3 Å². The Bertz CT molecular complexity index is 1230. The van der Waals surface area contributed by atoms with E-state index < -0.39 is 0 Å². The van der Waals surface area contributed by atoms with E-state index in [1.807, 2.05) is 29.6 Å². The third-order valence-electron chi connectivity index (χ3n) is 4.93. The van der Waals surface area contributed by atoms with Crippen LogP contribution in [0.4, 0.5) is 4.39 Å². The van der Waals surface area contributed by atoms with Gasteiger partial charge in [-0.1, -0.05) is 37.6 Å². The van der Waals surface area contributed by atoms with Gasteiger partial charge in [0, 0.05) is 36.1 Å². The predicted octanol–water partition coefficient (Wildman–Crippen LogP) is 5.87. The van der Waals surface area contributed by atoms with Crippen LogP contribution < -0.4 is 5.56 Å². The highest BCUT2D eigenvalue weighted by Gasteiger charge is 2.15. The fourth-order valence-corrected chi connectivity index (χ4v) is 4.69. The Kier molecular flexibility index (Phi) is 6.51. The Morgan fingerprint density at radius 3 is 2.48 bits per heavy atom. The summed E-state index contributed by atoms with van der Waals surface area (Å²) in [4.78, 5) is 20.6. The number of hydrogen-bond donors (Lipinski definition) is 0. The van der Waals surface area contributed by atoms with Gasteiger partial charge in [0.15, 0.2) is 4.96 Å². The number of rotatable bonds is 7. The third kappa shape index (κ3) is 5.21. The second kappa shape index (κ2) is 9.30.